The fourth-order valence-corrected chi connectivity index (χ4v) is 2.74. The molecule has 1 saturated heterocycles. The second-order valence-electron chi connectivity index (χ2n) is 5.85. The first-order chi connectivity index (χ1) is 11.2. The summed E-state index contributed by atoms with van der Waals surface area (Å²) in [5, 5.41) is 3.05. The van der Waals surface area contributed by atoms with E-state index in [-0.39, 0.29) is 24.0 Å². The molecule has 7 heteroatoms. The Balaban J connectivity index is 0.00000288. The molecule has 1 aliphatic heterocycles. The Bertz CT molecular complexity index is 477. The zero-order valence-corrected chi connectivity index (χ0v) is 17.0. The smallest absolute Gasteiger partial charge is 0.188 e. The summed E-state index contributed by atoms with van der Waals surface area (Å²) in [4.78, 5) is 9.34. The molecule has 1 aromatic carbocycles. The molecule has 1 unspecified atom stereocenters. The maximum absolute atomic E-state index is 5.85. The maximum Gasteiger partial charge on any atom is 0.188 e. The predicted molar refractivity (Wildman–Crippen MR) is 111 cm³/mol. The molecule has 24 heavy (non-hydrogen) atoms. The molecule has 1 heterocycles. The van der Waals surface area contributed by atoms with Crippen LogP contribution in [-0.4, -0.2) is 69.9 Å². The molecule has 1 atom stereocenters. The lowest BCUT2D eigenvalue weighted by atomic mass is 10.2. The van der Waals surface area contributed by atoms with Crippen LogP contribution < -0.4 is 16.0 Å². The van der Waals surface area contributed by atoms with Crippen molar-refractivity contribution in [2.75, 3.05) is 57.9 Å². The van der Waals surface area contributed by atoms with E-state index in [4.69, 9.17) is 10.5 Å². The highest BCUT2D eigenvalue weighted by atomic mass is 127. The first kappa shape index (κ1) is 21.0. The Labute approximate surface area is 162 Å². The van der Waals surface area contributed by atoms with Gasteiger partial charge in [0.2, 0.25) is 0 Å². The maximum atomic E-state index is 5.85. The number of nitrogens with one attached hydrogen (secondary N) is 1. The van der Waals surface area contributed by atoms with E-state index >= 15 is 0 Å². The Morgan fingerprint density at radius 1 is 1.25 bits per heavy atom. The third-order valence-corrected chi connectivity index (χ3v) is 4.20. The van der Waals surface area contributed by atoms with Crippen molar-refractivity contribution in [2.24, 2.45) is 10.7 Å². The van der Waals surface area contributed by atoms with Gasteiger partial charge in [-0.2, -0.15) is 0 Å². The normalized spacial score (nSPS) is 17.2. The van der Waals surface area contributed by atoms with Gasteiger partial charge >= 0.3 is 0 Å². The van der Waals surface area contributed by atoms with Gasteiger partial charge in [0.25, 0.3) is 0 Å². The van der Waals surface area contributed by atoms with Gasteiger partial charge in [-0.3, -0.25) is 9.89 Å². The van der Waals surface area contributed by atoms with Crippen molar-refractivity contribution in [2.45, 2.75) is 13.0 Å². The Morgan fingerprint density at radius 3 is 2.54 bits per heavy atom. The molecule has 136 valence electrons. The second kappa shape index (κ2) is 11.5. The molecule has 0 bridgehead atoms. The van der Waals surface area contributed by atoms with Gasteiger partial charge in [-0.25, -0.2) is 0 Å². The van der Waals surface area contributed by atoms with Gasteiger partial charge in [0.05, 0.1) is 13.2 Å². The fraction of sp³-hybridized carbons (Fsp3) is 0.588. The van der Waals surface area contributed by atoms with Crippen LogP contribution in [0, 0.1) is 0 Å². The molecule has 0 amide bonds. The Kier molecular flexibility index (Phi) is 10.0. The molecular weight excluding hydrogens is 417 g/mol. The number of hydrogen-bond acceptors (Lipinski definition) is 4. The van der Waals surface area contributed by atoms with E-state index in [1.54, 1.807) is 7.11 Å². The van der Waals surface area contributed by atoms with Crippen molar-refractivity contribution in [3.8, 4) is 0 Å². The highest BCUT2D eigenvalue weighted by Gasteiger charge is 2.20. The third-order valence-electron chi connectivity index (χ3n) is 4.20. The number of methoxy groups -OCH3 is 1. The number of para-hydroxylation sites is 1. The summed E-state index contributed by atoms with van der Waals surface area (Å²) >= 11 is 0. The van der Waals surface area contributed by atoms with E-state index in [9.17, 15) is 0 Å². The first-order valence-corrected chi connectivity index (χ1v) is 8.27. The van der Waals surface area contributed by atoms with Crippen molar-refractivity contribution in [3.05, 3.63) is 30.3 Å². The highest BCUT2D eigenvalue weighted by molar-refractivity contribution is 14.0. The average Bonchev–Trinajstić information content (AvgIpc) is 2.61. The minimum atomic E-state index is 0. The van der Waals surface area contributed by atoms with E-state index in [1.807, 2.05) is 0 Å². The molecule has 2 rings (SSSR count). The van der Waals surface area contributed by atoms with E-state index in [1.165, 1.54) is 5.69 Å². The number of anilines is 1. The number of aliphatic imine (C=N–C) groups is 1. The highest BCUT2D eigenvalue weighted by Crippen LogP contribution is 2.16. The van der Waals surface area contributed by atoms with Crippen LogP contribution in [0.1, 0.15) is 6.92 Å². The Hall–Kier alpha value is -1.06. The zero-order chi connectivity index (χ0) is 16.5. The number of guanidine groups is 1. The van der Waals surface area contributed by atoms with Gasteiger partial charge < -0.3 is 20.7 Å². The molecule has 0 radical (unpaired) electrons. The van der Waals surface area contributed by atoms with Gasteiger partial charge in [-0.1, -0.05) is 18.2 Å². The molecule has 0 spiro atoms. The van der Waals surface area contributed by atoms with Crippen LogP contribution in [0.2, 0.25) is 0 Å². The average molecular weight is 447 g/mol. The SMILES string of the molecule is COCCNC(N)=NCC(C)N1CCN(c2ccccc2)CC1.I. The molecule has 1 fully saturated rings. The van der Waals surface area contributed by atoms with Gasteiger partial charge in [0, 0.05) is 51.6 Å². The van der Waals surface area contributed by atoms with Gasteiger partial charge in [-0.15, -0.1) is 24.0 Å². The van der Waals surface area contributed by atoms with Crippen molar-refractivity contribution in [3.63, 3.8) is 0 Å². The number of nitrogens with two attached hydrogens (primary N) is 1. The topological polar surface area (TPSA) is 66.1 Å². The van der Waals surface area contributed by atoms with Crippen molar-refractivity contribution >= 4 is 35.6 Å². The minimum absolute atomic E-state index is 0. The van der Waals surface area contributed by atoms with E-state index in [0.29, 0.717) is 25.2 Å². The van der Waals surface area contributed by atoms with Crippen molar-refractivity contribution < 1.29 is 4.74 Å². The molecule has 0 saturated carbocycles. The lowest BCUT2D eigenvalue weighted by Crippen LogP contribution is -2.50. The van der Waals surface area contributed by atoms with Gasteiger partial charge in [-0.05, 0) is 19.1 Å². The monoisotopic (exact) mass is 447 g/mol. The summed E-state index contributed by atoms with van der Waals surface area (Å²) in [6.45, 7) is 8.48. The Morgan fingerprint density at radius 2 is 1.92 bits per heavy atom. The van der Waals surface area contributed by atoms with Crippen LogP contribution in [0.5, 0.6) is 0 Å². The van der Waals surface area contributed by atoms with E-state index in [0.717, 1.165) is 32.7 Å². The minimum Gasteiger partial charge on any atom is -0.383 e. The molecule has 0 aromatic heterocycles. The van der Waals surface area contributed by atoms with Gasteiger partial charge in [0.15, 0.2) is 5.96 Å². The number of nitrogens with zero attached hydrogens (tertiary/aromatic N) is 3. The summed E-state index contributed by atoms with van der Waals surface area (Å²) in [7, 11) is 1.67. The number of piperazine rings is 1. The number of benzene rings is 1. The summed E-state index contributed by atoms with van der Waals surface area (Å²) in [5.74, 6) is 0.497. The second-order valence-corrected chi connectivity index (χ2v) is 5.85. The summed E-state index contributed by atoms with van der Waals surface area (Å²) in [5.41, 5.74) is 7.16. The largest absolute Gasteiger partial charge is 0.383 e. The molecule has 0 aliphatic carbocycles. The zero-order valence-electron chi connectivity index (χ0n) is 14.6. The number of hydrogen-bond donors (Lipinski definition) is 2. The van der Waals surface area contributed by atoms with E-state index in [2.05, 4.69) is 57.4 Å². The van der Waals surface area contributed by atoms with Crippen LogP contribution in [-0.2, 0) is 4.74 Å². The van der Waals surface area contributed by atoms with Crippen LogP contribution in [0.4, 0.5) is 5.69 Å². The van der Waals surface area contributed by atoms with Crippen molar-refractivity contribution in [1.29, 1.82) is 0 Å². The van der Waals surface area contributed by atoms with Crippen LogP contribution in [0.3, 0.4) is 0 Å². The molecular formula is C17H30IN5O. The lowest BCUT2D eigenvalue weighted by Gasteiger charge is -2.38. The fourth-order valence-electron chi connectivity index (χ4n) is 2.74. The summed E-state index contributed by atoms with van der Waals surface area (Å²) < 4.78 is 4.97. The number of rotatable bonds is 7. The van der Waals surface area contributed by atoms with E-state index < -0.39 is 0 Å². The quantitative estimate of drug-likeness (QED) is 0.286. The standard InChI is InChI=1S/C17H29N5O.HI/c1-15(14-20-17(18)19-8-13-23-2)21-9-11-22(12-10-21)16-6-4-3-5-7-16;/h3-7,15H,8-14H2,1-2H3,(H3,18,19,20);1H. The van der Waals surface area contributed by atoms with Crippen LogP contribution >= 0.6 is 24.0 Å². The molecule has 6 nitrogen and oxygen atoms in total. The number of halogens is 1. The molecule has 1 aliphatic rings. The van der Waals surface area contributed by atoms with Crippen molar-refractivity contribution in [1.82, 2.24) is 10.2 Å². The summed E-state index contributed by atoms with van der Waals surface area (Å²) in [6, 6.07) is 11.0. The number of ether oxygens (including phenoxy) is 1. The van der Waals surface area contributed by atoms with Crippen LogP contribution in [0.25, 0.3) is 0 Å². The first-order valence-electron chi connectivity index (χ1n) is 8.27. The molecule has 3 N–H and O–H groups in total. The van der Waals surface area contributed by atoms with Crippen LogP contribution in [0.15, 0.2) is 35.3 Å². The third kappa shape index (κ3) is 6.82. The lowest BCUT2D eigenvalue weighted by molar-refractivity contribution is 0.200. The predicted octanol–water partition coefficient (Wildman–Crippen LogP) is 1.37. The van der Waals surface area contributed by atoms with Gasteiger partial charge in [0.1, 0.15) is 0 Å². The summed E-state index contributed by atoms with van der Waals surface area (Å²) in [6.07, 6.45) is 0. The molecule has 1 aromatic rings.